The largest absolute Gasteiger partial charge is 0.495 e. The molecule has 1 N–H and O–H groups in total. The Morgan fingerprint density at radius 1 is 1.14 bits per heavy atom. The van der Waals surface area contributed by atoms with Gasteiger partial charge in [-0.25, -0.2) is 0 Å². The van der Waals surface area contributed by atoms with Crippen molar-refractivity contribution in [3.8, 4) is 5.75 Å². The number of nitro benzene ring substituents is 1. The van der Waals surface area contributed by atoms with Crippen LogP contribution in [0, 0.1) is 10.1 Å². The number of halogens is 1. The molecule has 0 bridgehead atoms. The second-order valence-corrected chi connectivity index (χ2v) is 6.29. The number of hydrogen-bond acceptors (Lipinski definition) is 6. The molecule has 8 nitrogen and oxygen atoms in total. The van der Waals surface area contributed by atoms with Crippen molar-refractivity contribution in [1.82, 2.24) is 4.90 Å². The van der Waals surface area contributed by atoms with Crippen LogP contribution in [0.15, 0.2) is 48.2 Å². The van der Waals surface area contributed by atoms with Crippen LogP contribution in [-0.2, 0) is 9.59 Å². The second-order valence-electron chi connectivity index (χ2n) is 5.88. The zero-order valence-electron chi connectivity index (χ0n) is 15.1. The van der Waals surface area contributed by atoms with Crippen molar-refractivity contribution in [2.24, 2.45) is 0 Å². The molecule has 144 valence electrons. The summed E-state index contributed by atoms with van der Waals surface area (Å²) >= 11 is 6.13. The highest BCUT2D eigenvalue weighted by Gasteiger charge is 2.38. The van der Waals surface area contributed by atoms with E-state index in [1.807, 2.05) is 0 Å². The molecule has 0 saturated heterocycles. The quantitative estimate of drug-likeness (QED) is 0.451. The van der Waals surface area contributed by atoms with Gasteiger partial charge >= 0.3 is 0 Å². The van der Waals surface area contributed by atoms with E-state index in [9.17, 15) is 19.7 Å². The first-order valence-electron chi connectivity index (χ1n) is 8.33. The van der Waals surface area contributed by atoms with Crippen LogP contribution in [-0.4, -0.2) is 35.3 Å². The Labute approximate surface area is 165 Å². The number of carbonyl (C=O) groups excluding carboxylic acids is 2. The standard InChI is InChI=1S/C19H16ClN3O5/c1-3-22-18(24)16(11-4-7-13(8-5-11)23(26)27)17(19(22)25)21-12-6-9-15(28-2)14(20)10-12/h4-10,21H,3H2,1-2H3. The SMILES string of the molecule is CCN1C(=O)C(Nc2ccc(OC)c(Cl)c2)=C(c2ccc([N+](=O)[O-])cc2)C1=O. The normalized spacial score (nSPS) is 13.9. The molecule has 0 radical (unpaired) electrons. The van der Waals surface area contributed by atoms with E-state index in [0.717, 1.165) is 4.90 Å². The van der Waals surface area contributed by atoms with Gasteiger partial charge < -0.3 is 10.1 Å². The van der Waals surface area contributed by atoms with Crippen molar-refractivity contribution in [3.05, 3.63) is 68.9 Å². The van der Waals surface area contributed by atoms with Crippen molar-refractivity contribution in [3.63, 3.8) is 0 Å². The van der Waals surface area contributed by atoms with Crippen LogP contribution in [0.4, 0.5) is 11.4 Å². The third-order valence-corrected chi connectivity index (χ3v) is 4.57. The van der Waals surface area contributed by atoms with E-state index in [0.29, 0.717) is 22.0 Å². The smallest absolute Gasteiger partial charge is 0.278 e. The topological polar surface area (TPSA) is 102 Å². The lowest BCUT2D eigenvalue weighted by Gasteiger charge is -2.12. The molecule has 0 fully saturated rings. The molecule has 3 rings (SSSR count). The van der Waals surface area contributed by atoms with Gasteiger partial charge in [0.15, 0.2) is 0 Å². The minimum absolute atomic E-state index is 0.0851. The number of carbonyl (C=O) groups is 2. The molecule has 2 aromatic rings. The number of nitrogens with zero attached hydrogens (tertiary/aromatic N) is 2. The summed E-state index contributed by atoms with van der Waals surface area (Å²) in [7, 11) is 1.49. The van der Waals surface area contributed by atoms with E-state index in [4.69, 9.17) is 16.3 Å². The first-order valence-corrected chi connectivity index (χ1v) is 8.71. The maximum absolute atomic E-state index is 12.8. The minimum Gasteiger partial charge on any atom is -0.495 e. The Balaban J connectivity index is 2.06. The number of amides is 2. The van der Waals surface area contributed by atoms with E-state index < -0.39 is 16.7 Å². The highest BCUT2D eigenvalue weighted by Crippen LogP contribution is 2.33. The third-order valence-electron chi connectivity index (χ3n) is 4.27. The average Bonchev–Trinajstić information content (AvgIpc) is 2.91. The van der Waals surface area contributed by atoms with Crippen molar-refractivity contribution in [2.45, 2.75) is 6.92 Å². The van der Waals surface area contributed by atoms with Crippen LogP contribution in [0.3, 0.4) is 0 Å². The predicted molar refractivity (Wildman–Crippen MR) is 104 cm³/mol. The molecule has 9 heteroatoms. The van der Waals surface area contributed by atoms with Gasteiger partial charge in [0.05, 0.1) is 22.6 Å². The highest BCUT2D eigenvalue weighted by molar-refractivity contribution is 6.36. The molecule has 0 aliphatic carbocycles. The van der Waals surface area contributed by atoms with Gasteiger partial charge in [-0.15, -0.1) is 0 Å². The molecular formula is C19H16ClN3O5. The van der Waals surface area contributed by atoms with Crippen molar-refractivity contribution in [2.75, 3.05) is 19.0 Å². The lowest BCUT2D eigenvalue weighted by molar-refractivity contribution is -0.384. The molecule has 0 atom stereocenters. The van der Waals surface area contributed by atoms with Gasteiger partial charge in [-0.1, -0.05) is 11.6 Å². The first kappa shape index (κ1) is 19.4. The minimum atomic E-state index is -0.531. The molecule has 1 aliphatic heterocycles. The first-order chi connectivity index (χ1) is 13.4. The monoisotopic (exact) mass is 401 g/mol. The number of non-ortho nitro benzene ring substituents is 1. The van der Waals surface area contributed by atoms with Crippen LogP contribution in [0.5, 0.6) is 5.75 Å². The summed E-state index contributed by atoms with van der Waals surface area (Å²) in [4.78, 5) is 36.9. The molecular weight excluding hydrogens is 386 g/mol. The summed E-state index contributed by atoms with van der Waals surface area (Å²) < 4.78 is 5.11. The lowest BCUT2D eigenvalue weighted by atomic mass is 10.0. The Morgan fingerprint density at radius 3 is 2.36 bits per heavy atom. The molecule has 0 saturated carbocycles. The molecule has 0 aromatic heterocycles. The van der Waals surface area contributed by atoms with Crippen molar-refractivity contribution >= 4 is 40.4 Å². The van der Waals surface area contributed by atoms with Crippen LogP contribution in [0.2, 0.25) is 5.02 Å². The molecule has 1 aliphatic rings. The predicted octanol–water partition coefficient (Wildman–Crippen LogP) is 3.47. The summed E-state index contributed by atoms with van der Waals surface area (Å²) in [6.07, 6.45) is 0. The van der Waals surface area contributed by atoms with Crippen LogP contribution in [0.1, 0.15) is 12.5 Å². The Morgan fingerprint density at radius 2 is 1.82 bits per heavy atom. The third kappa shape index (κ3) is 3.41. The fraction of sp³-hybridized carbons (Fsp3) is 0.158. The summed E-state index contributed by atoms with van der Waals surface area (Å²) in [5.74, 6) is -0.475. The highest BCUT2D eigenvalue weighted by atomic mass is 35.5. The van der Waals surface area contributed by atoms with Gasteiger partial charge in [-0.2, -0.15) is 0 Å². The zero-order valence-corrected chi connectivity index (χ0v) is 15.8. The van der Waals surface area contributed by atoms with Gasteiger partial charge in [0.1, 0.15) is 11.4 Å². The second kappa shape index (κ2) is 7.69. The van der Waals surface area contributed by atoms with Gasteiger partial charge in [-0.05, 0) is 42.8 Å². The Kier molecular flexibility index (Phi) is 5.32. The number of rotatable bonds is 6. The maximum Gasteiger partial charge on any atom is 0.278 e. The van der Waals surface area contributed by atoms with E-state index in [-0.39, 0.29) is 23.5 Å². The fourth-order valence-corrected chi connectivity index (χ4v) is 3.14. The number of hydrogen-bond donors (Lipinski definition) is 1. The van der Waals surface area contributed by atoms with Gasteiger partial charge in [0.2, 0.25) is 0 Å². The zero-order chi connectivity index (χ0) is 20.4. The number of ether oxygens (including phenoxy) is 1. The fourth-order valence-electron chi connectivity index (χ4n) is 2.89. The van der Waals surface area contributed by atoms with E-state index in [2.05, 4.69) is 5.32 Å². The van der Waals surface area contributed by atoms with Crippen molar-refractivity contribution < 1.29 is 19.2 Å². The van der Waals surface area contributed by atoms with Crippen molar-refractivity contribution in [1.29, 1.82) is 0 Å². The van der Waals surface area contributed by atoms with Gasteiger partial charge in [-0.3, -0.25) is 24.6 Å². The lowest BCUT2D eigenvalue weighted by Crippen LogP contribution is -2.32. The molecule has 0 unspecified atom stereocenters. The Bertz CT molecular complexity index is 1000. The molecule has 2 amide bonds. The number of methoxy groups -OCH3 is 1. The molecule has 28 heavy (non-hydrogen) atoms. The average molecular weight is 402 g/mol. The number of nitrogens with one attached hydrogen (secondary N) is 1. The Hall–Kier alpha value is -3.39. The number of benzene rings is 2. The van der Waals surface area contributed by atoms with E-state index >= 15 is 0 Å². The number of nitro groups is 1. The number of likely N-dealkylation sites (N-methyl/N-ethyl adjacent to an activating group) is 1. The van der Waals surface area contributed by atoms with Gasteiger partial charge in [0, 0.05) is 24.4 Å². The van der Waals surface area contributed by atoms with Crippen LogP contribution >= 0.6 is 11.6 Å². The van der Waals surface area contributed by atoms with Crippen LogP contribution in [0.25, 0.3) is 5.57 Å². The van der Waals surface area contributed by atoms with Crippen LogP contribution < -0.4 is 10.1 Å². The maximum atomic E-state index is 12.8. The number of imide groups is 1. The van der Waals surface area contributed by atoms with E-state index in [1.54, 1.807) is 25.1 Å². The summed E-state index contributed by atoms with van der Waals surface area (Å²) in [5, 5.41) is 14.2. The summed E-state index contributed by atoms with van der Waals surface area (Å²) in [5.41, 5.74) is 1.03. The van der Waals surface area contributed by atoms with E-state index in [1.165, 1.54) is 31.4 Å². The molecule has 0 spiro atoms. The molecule has 1 heterocycles. The summed E-state index contributed by atoms with van der Waals surface area (Å²) in [6, 6.07) is 10.3. The number of anilines is 1. The summed E-state index contributed by atoms with van der Waals surface area (Å²) in [6.45, 7) is 1.89. The molecule has 2 aromatic carbocycles. The van der Waals surface area contributed by atoms with Gasteiger partial charge in [0.25, 0.3) is 17.5 Å².